The number of H-pyrrole nitrogens is 1. The van der Waals surface area contributed by atoms with Crippen LogP contribution in [0.1, 0.15) is 37.7 Å². The number of pyridine rings is 1. The summed E-state index contributed by atoms with van der Waals surface area (Å²) in [5.41, 5.74) is -6.90. The van der Waals surface area contributed by atoms with Crippen molar-refractivity contribution in [1.29, 1.82) is 0 Å². The van der Waals surface area contributed by atoms with E-state index in [-0.39, 0.29) is 23.3 Å². The van der Waals surface area contributed by atoms with Gasteiger partial charge in [-0.25, -0.2) is 24.1 Å². The average molecular weight is 626 g/mol. The maximum atomic E-state index is 14.3. The van der Waals surface area contributed by atoms with E-state index in [0.29, 0.717) is 24.4 Å². The van der Waals surface area contributed by atoms with Crippen molar-refractivity contribution >= 4 is 17.3 Å². The Morgan fingerprint density at radius 2 is 1.51 bits per heavy atom. The van der Waals surface area contributed by atoms with Crippen LogP contribution in [0.2, 0.25) is 0 Å². The van der Waals surface area contributed by atoms with Gasteiger partial charge >= 0.3 is 24.6 Å². The number of amides is 1. The minimum atomic E-state index is -5.10. The van der Waals surface area contributed by atoms with Crippen molar-refractivity contribution in [2.24, 2.45) is 0 Å². The van der Waals surface area contributed by atoms with E-state index >= 15 is 0 Å². The molecule has 232 valence electrons. The number of aromatic nitrogens is 5. The highest BCUT2D eigenvalue weighted by Crippen LogP contribution is 2.37. The summed E-state index contributed by atoms with van der Waals surface area (Å²) in [4.78, 5) is 26.6. The van der Waals surface area contributed by atoms with E-state index < -0.39 is 69.7 Å². The molecular weight excluding hydrogens is 606 g/mol. The van der Waals surface area contributed by atoms with Gasteiger partial charge in [0.25, 0.3) is 0 Å². The molecule has 18 heteroatoms. The average Bonchev–Trinajstić information content (AvgIpc) is 3.29. The van der Waals surface area contributed by atoms with Crippen LogP contribution in [0.5, 0.6) is 0 Å². The van der Waals surface area contributed by atoms with E-state index in [1.54, 1.807) is 0 Å². The molecular formula is C25H20F10N6O2. The van der Waals surface area contributed by atoms with Crippen molar-refractivity contribution in [2.75, 3.05) is 7.05 Å². The third-order valence-electron chi connectivity index (χ3n) is 5.09. The van der Waals surface area contributed by atoms with Crippen LogP contribution in [-0.4, -0.2) is 43.7 Å². The number of aromatic amines is 1. The molecule has 3 aromatic heterocycles. The standard InChI is InChI=1S/C19H7F10N5.C6H13NO2/c20-10-5-8(17(21,22)23)2-3-9(10)15-31-12-13(19(27,28)29)32-14(33-16(12)34-15)7-1-4-11(30-6-7)18(24,25)26;1-6(2,3)9-5(8)7-4/h1-6H,(H,31,32,33,34);1-4H3,(H,7,8). The third-order valence-corrected chi connectivity index (χ3v) is 5.09. The van der Waals surface area contributed by atoms with Gasteiger partial charge in [-0.15, -0.1) is 0 Å². The summed E-state index contributed by atoms with van der Waals surface area (Å²) in [5, 5.41) is 2.36. The van der Waals surface area contributed by atoms with Gasteiger partial charge in [-0.2, -0.15) is 39.5 Å². The molecule has 2 N–H and O–H groups in total. The number of hydrogen-bond acceptors (Lipinski definition) is 6. The zero-order chi connectivity index (χ0) is 32.5. The first-order valence-corrected chi connectivity index (χ1v) is 11.8. The Bertz CT molecular complexity index is 1610. The monoisotopic (exact) mass is 626 g/mol. The highest BCUT2D eigenvalue weighted by atomic mass is 19.4. The van der Waals surface area contributed by atoms with Crippen molar-refractivity contribution in [1.82, 2.24) is 30.2 Å². The molecule has 1 amide bonds. The summed E-state index contributed by atoms with van der Waals surface area (Å²) in [6.45, 7) is 5.46. The maximum absolute atomic E-state index is 14.3. The van der Waals surface area contributed by atoms with Crippen molar-refractivity contribution in [3.05, 3.63) is 59.3 Å². The molecule has 0 saturated carbocycles. The molecule has 1 aromatic carbocycles. The number of ether oxygens (including phenoxy) is 1. The number of hydrogen-bond donors (Lipinski definition) is 2. The lowest BCUT2D eigenvalue weighted by atomic mass is 10.1. The Labute approximate surface area is 235 Å². The summed E-state index contributed by atoms with van der Waals surface area (Å²) in [6, 6.07) is 2.67. The van der Waals surface area contributed by atoms with E-state index in [9.17, 15) is 48.7 Å². The molecule has 0 aliphatic carbocycles. The molecule has 4 aromatic rings. The summed E-state index contributed by atoms with van der Waals surface area (Å²) in [6.07, 6.45) is -14.5. The molecule has 0 unspecified atom stereocenters. The van der Waals surface area contributed by atoms with E-state index in [2.05, 4.69) is 30.2 Å². The molecule has 3 heterocycles. The van der Waals surface area contributed by atoms with Gasteiger partial charge in [-0.05, 0) is 51.1 Å². The number of rotatable bonds is 2. The van der Waals surface area contributed by atoms with E-state index in [0.717, 1.165) is 6.07 Å². The molecule has 0 radical (unpaired) electrons. The van der Waals surface area contributed by atoms with Gasteiger partial charge in [0.15, 0.2) is 17.2 Å². The fourth-order valence-corrected chi connectivity index (χ4v) is 3.27. The SMILES string of the molecule is CNC(=O)OC(C)(C)C.Fc1cc(C(F)(F)F)ccc1-c1nc2nc(-c3ccc(C(F)(F)F)nc3)nc(C(F)(F)F)c2[nH]1. The van der Waals surface area contributed by atoms with Crippen molar-refractivity contribution < 1.29 is 53.4 Å². The first kappa shape index (κ1) is 33.0. The van der Waals surface area contributed by atoms with Crippen LogP contribution in [0, 0.1) is 5.82 Å². The molecule has 4 rings (SSSR count). The molecule has 0 fully saturated rings. The second-order valence-corrected chi connectivity index (χ2v) is 9.55. The number of halogens is 10. The number of imidazole rings is 1. The molecule has 0 aliphatic rings. The number of carbonyl (C=O) groups excluding carboxylic acids is 1. The Balaban J connectivity index is 0.000000489. The quantitative estimate of drug-likeness (QED) is 0.225. The fraction of sp³-hybridized carbons (Fsp3) is 0.320. The second-order valence-electron chi connectivity index (χ2n) is 9.55. The third kappa shape index (κ3) is 8.29. The van der Waals surface area contributed by atoms with E-state index in [1.165, 1.54) is 7.05 Å². The zero-order valence-electron chi connectivity index (χ0n) is 22.3. The first-order chi connectivity index (χ1) is 19.6. The second kappa shape index (κ2) is 11.6. The molecule has 0 aliphatic heterocycles. The van der Waals surface area contributed by atoms with Crippen LogP contribution in [0.4, 0.5) is 48.7 Å². The van der Waals surface area contributed by atoms with Gasteiger partial charge < -0.3 is 15.0 Å². The largest absolute Gasteiger partial charge is 0.444 e. The van der Waals surface area contributed by atoms with Crippen LogP contribution >= 0.6 is 0 Å². The van der Waals surface area contributed by atoms with Crippen LogP contribution in [0.15, 0.2) is 36.5 Å². The number of alkyl halides is 9. The Hall–Kier alpha value is -4.51. The minimum Gasteiger partial charge on any atom is -0.444 e. The highest BCUT2D eigenvalue weighted by Gasteiger charge is 2.38. The lowest BCUT2D eigenvalue weighted by molar-refractivity contribution is -0.141. The predicted octanol–water partition coefficient (Wildman–Crippen LogP) is 7.42. The topological polar surface area (TPSA) is 106 Å². The maximum Gasteiger partial charge on any atom is 0.435 e. The highest BCUT2D eigenvalue weighted by molar-refractivity contribution is 5.80. The lowest BCUT2D eigenvalue weighted by Gasteiger charge is -2.18. The number of nitrogens with zero attached hydrogens (tertiary/aromatic N) is 4. The van der Waals surface area contributed by atoms with Crippen LogP contribution in [0.25, 0.3) is 33.9 Å². The molecule has 8 nitrogen and oxygen atoms in total. The summed E-state index contributed by atoms with van der Waals surface area (Å²) in [7, 11) is 1.54. The van der Waals surface area contributed by atoms with Crippen molar-refractivity contribution in [3.8, 4) is 22.8 Å². The van der Waals surface area contributed by atoms with E-state index in [4.69, 9.17) is 4.74 Å². The van der Waals surface area contributed by atoms with Crippen LogP contribution in [-0.2, 0) is 23.3 Å². The summed E-state index contributed by atoms with van der Waals surface area (Å²) >= 11 is 0. The van der Waals surface area contributed by atoms with Gasteiger partial charge in [-0.3, -0.25) is 4.98 Å². The molecule has 0 atom stereocenters. The van der Waals surface area contributed by atoms with Gasteiger partial charge in [0.05, 0.1) is 11.1 Å². The van der Waals surface area contributed by atoms with Gasteiger partial charge in [0.1, 0.15) is 28.5 Å². The smallest absolute Gasteiger partial charge is 0.435 e. The number of alkyl carbamates (subject to hydrolysis) is 1. The van der Waals surface area contributed by atoms with Gasteiger partial charge in [-0.1, -0.05) is 0 Å². The van der Waals surface area contributed by atoms with Crippen molar-refractivity contribution in [3.63, 3.8) is 0 Å². The lowest BCUT2D eigenvalue weighted by Crippen LogP contribution is -2.30. The van der Waals surface area contributed by atoms with Crippen molar-refractivity contribution in [2.45, 2.75) is 44.9 Å². The fourth-order valence-electron chi connectivity index (χ4n) is 3.27. The molecule has 0 spiro atoms. The first-order valence-electron chi connectivity index (χ1n) is 11.8. The van der Waals surface area contributed by atoms with Gasteiger partial charge in [0, 0.05) is 18.8 Å². The Morgan fingerprint density at radius 3 is 1.95 bits per heavy atom. The summed E-state index contributed by atoms with van der Waals surface area (Å²) in [5.74, 6) is -2.65. The number of benzene rings is 1. The van der Waals surface area contributed by atoms with Crippen LogP contribution in [0.3, 0.4) is 0 Å². The zero-order valence-corrected chi connectivity index (χ0v) is 22.3. The molecule has 0 bridgehead atoms. The minimum absolute atomic E-state index is 0.151. The number of fused-ring (bicyclic) bond motifs is 1. The van der Waals surface area contributed by atoms with Gasteiger partial charge in [0.2, 0.25) is 0 Å². The Kier molecular flexibility index (Phi) is 8.93. The number of nitrogens with one attached hydrogen (secondary N) is 2. The molecule has 0 saturated heterocycles. The van der Waals surface area contributed by atoms with E-state index in [1.807, 2.05) is 20.8 Å². The van der Waals surface area contributed by atoms with Crippen LogP contribution < -0.4 is 5.32 Å². The summed E-state index contributed by atoms with van der Waals surface area (Å²) < 4.78 is 136. The predicted molar refractivity (Wildman–Crippen MR) is 131 cm³/mol. The normalized spacial score (nSPS) is 12.5. The Morgan fingerprint density at radius 1 is 0.860 bits per heavy atom. The number of carbonyl (C=O) groups is 1. The molecule has 43 heavy (non-hydrogen) atoms.